The number of nitrogens with one attached hydrogen (secondary N) is 1. The molecule has 19 heavy (non-hydrogen) atoms. The van der Waals surface area contributed by atoms with Gasteiger partial charge in [-0.05, 0) is 37.8 Å². The largest absolute Gasteiger partial charge is 0.497 e. The van der Waals surface area contributed by atoms with Crippen molar-refractivity contribution in [2.24, 2.45) is 0 Å². The molecule has 2 aromatic rings. The molecule has 0 bridgehead atoms. The number of aliphatic hydroxyl groups excluding tert-OH is 1. The third-order valence-electron chi connectivity index (χ3n) is 3.62. The van der Waals surface area contributed by atoms with Gasteiger partial charge in [0, 0.05) is 12.1 Å². The number of methoxy groups -OCH3 is 1. The first-order chi connectivity index (χ1) is 9.24. The Balaban J connectivity index is 1.74. The van der Waals surface area contributed by atoms with Gasteiger partial charge in [-0.2, -0.15) is 0 Å². The van der Waals surface area contributed by atoms with Gasteiger partial charge in [-0.3, -0.25) is 0 Å². The molecule has 102 valence electrons. The minimum atomic E-state index is -0.113. The van der Waals surface area contributed by atoms with Crippen LogP contribution in [-0.4, -0.2) is 29.3 Å². The van der Waals surface area contributed by atoms with E-state index >= 15 is 0 Å². The molecule has 1 aliphatic rings. The van der Waals surface area contributed by atoms with E-state index < -0.39 is 0 Å². The molecule has 1 heterocycles. The van der Waals surface area contributed by atoms with Crippen LogP contribution in [-0.2, 0) is 0 Å². The molecule has 1 aromatic heterocycles. The van der Waals surface area contributed by atoms with Crippen molar-refractivity contribution in [3.05, 3.63) is 18.2 Å². The summed E-state index contributed by atoms with van der Waals surface area (Å²) in [5.74, 6) is 0.838. The monoisotopic (exact) mass is 278 g/mol. The van der Waals surface area contributed by atoms with Crippen LogP contribution in [0.4, 0.5) is 5.13 Å². The van der Waals surface area contributed by atoms with Crippen molar-refractivity contribution in [3.63, 3.8) is 0 Å². The fourth-order valence-corrected chi connectivity index (χ4v) is 3.41. The lowest BCUT2D eigenvalue weighted by molar-refractivity contribution is 0.126. The Labute approximate surface area is 116 Å². The van der Waals surface area contributed by atoms with E-state index in [-0.39, 0.29) is 6.10 Å². The van der Waals surface area contributed by atoms with Crippen molar-refractivity contribution in [2.45, 2.75) is 37.8 Å². The van der Waals surface area contributed by atoms with E-state index in [2.05, 4.69) is 10.3 Å². The number of anilines is 1. The first-order valence-electron chi connectivity index (χ1n) is 6.64. The smallest absolute Gasteiger partial charge is 0.184 e. The lowest BCUT2D eigenvalue weighted by Gasteiger charge is -2.25. The molecule has 1 fully saturated rings. The topological polar surface area (TPSA) is 54.4 Å². The predicted octanol–water partition coefficient (Wildman–Crippen LogP) is 3.02. The Hall–Kier alpha value is -1.33. The molecule has 0 saturated heterocycles. The third kappa shape index (κ3) is 2.82. The van der Waals surface area contributed by atoms with Crippen molar-refractivity contribution >= 4 is 26.7 Å². The van der Waals surface area contributed by atoms with Crippen LogP contribution < -0.4 is 10.1 Å². The first-order valence-corrected chi connectivity index (χ1v) is 7.45. The van der Waals surface area contributed by atoms with Crippen molar-refractivity contribution in [1.29, 1.82) is 0 Å². The number of hydrogen-bond donors (Lipinski definition) is 2. The maximum absolute atomic E-state index is 9.51. The van der Waals surface area contributed by atoms with Crippen LogP contribution in [0.25, 0.3) is 10.2 Å². The predicted molar refractivity (Wildman–Crippen MR) is 78.1 cm³/mol. The number of hydrogen-bond acceptors (Lipinski definition) is 5. The van der Waals surface area contributed by atoms with Gasteiger partial charge in [0.05, 0.1) is 23.4 Å². The van der Waals surface area contributed by atoms with Crippen LogP contribution in [0.2, 0.25) is 0 Å². The standard InChI is InChI=1S/C14H18N2O2S/c1-18-11-6-7-13-12(8-11)16-14(19-13)15-9-2-4-10(17)5-3-9/h6-10,17H,2-5H2,1H3,(H,15,16). The molecule has 1 aliphatic carbocycles. The summed E-state index contributed by atoms with van der Waals surface area (Å²) >= 11 is 1.67. The van der Waals surface area contributed by atoms with Crippen molar-refractivity contribution in [1.82, 2.24) is 4.98 Å². The van der Waals surface area contributed by atoms with E-state index in [0.29, 0.717) is 6.04 Å². The number of fused-ring (bicyclic) bond motifs is 1. The molecular formula is C14H18N2O2S. The molecule has 0 atom stereocenters. The molecule has 5 heteroatoms. The van der Waals surface area contributed by atoms with Gasteiger partial charge in [0.1, 0.15) is 5.75 Å². The van der Waals surface area contributed by atoms with Gasteiger partial charge in [0.2, 0.25) is 0 Å². The summed E-state index contributed by atoms with van der Waals surface area (Å²) in [4.78, 5) is 4.60. The lowest BCUT2D eigenvalue weighted by atomic mass is 9.93. The second-order valence-corrected chi connectivity index (χ2v) is 6.03. The van der Waals surface area contributed by atoms with Crippen molar-refractivity contribution in [3.8, 4) is 5.75 Å². The highest BCUT2D eigenvalue weighted by Crippen LogP contribution is 2.30. The Morgan fingerprint density at radius 2 is 2.11 bits per heavy atom. The van der Waals surface area contributed by atoms with Crippen LogP contribution in [0.1, 0.15) is 25.7 Å². The van der Waals surface area contributed by atoms with E-state index in [1.165, 1.54) is 4.70 Å². The summed E-state index contributed by atoms with van der Waals surface area (Å²) in [5, 5.41) is 14.0. The number of benzene rings is 1. The minimum Gasteiger partial charge on any atom is -0.497 e. The highest BCUT2D eigenvalue weighted by molar-refractivity contribution is 7.22. The van der Waals surface area contributed by atoms with Crippen LogP contribution >= 0.6 is 11.3 Å². The fraction of sp³-hybridized carbons (Fsp3) is 0.500. The van der Waals surface area contributed by atoms with Gasteiger partial charge in [-0.25, -0.2) is 4.98 Å². The molecule has 0 unspecified atom stereocenters. The Bertz CT molecular complexity index is 562. The third-order valence-corrected chi connectivity index (χ3v) is 4.59. The molecule has 0 amide bonds. The minimum absolute atomic E-state index is 0.113. The summed E-state index contributed by atoms with van der Waals surface area (Å²) in [6.45, 7) is 0. The summed E-state index contributed by atoms with van der Waals surface area (Å²) in [6.07, 6.45) is 3.69. The first kappa shape index (κ1) is 12.7. The van der Waals surface area contributed by atoms with Crippen molar-refractivity contribution in [2.75, 3.05) is 12.4 Å². The summed E-state index contributed by atoms with van der Waals surface area (Å²) in [5.41, 5.74) is 0.975. The van der Waals surface area contributed by atoms with Crippen LogP contribution in [0.5, 0.6) is 5.75 Å². The number of nitrogens with zero attached hydrogens (tertiary/aromatic N) is 1. The zero-order valence-corrected chi connectivity index (χ0v) is 11.7. The van der Waals surface area contributed by atoms with Crippen LogP contribution in [0, 0.1) is 0 Å². The van der Waals surface area contributed by atoms with Gasteiger partial charge in [-0.15, -0.1) is 0 Å². The SMILES string of the molecule is COc1ccc2sc(NC3CCC(O)CC3)nc2c1. The van der Waals surface area contributed by atoms with Gasteiger partial charge in [-0.1, -0.05) is 11.3 Å². The van der Waals surface area contributed by atoms with Crippen molar-refractivity contribution < 1.29 is 9.84 Å². The Kier molecular flexibility index (Phi) is 3.57. The number of aliphatic hydroxyl groups is 1. The van der Waals surface area contributed by atoms with E-state index in [0.717, 1.165) is 42.1 Å². The number of thiazole rings is 1. The van der Waals surface area contributed by atoms with Crippen LogP contribution in [0.15, 0.2) is 18.2 Å². The van der Waals surface area contributed by atoms with Gasteiger partial charge in [0.15, 0.2) is 5.13 Å². The number of rotatable bonds is 3. The molecular weight excluding hydrogens is 260 g/mol. The zero-order valence-electron chi connectivity index (χ0n) is 10.9. The second kappa shape index (κ2) is 5.35. The Morgan fingerprint density at radius 1 is 1.32 bits per heavy atom. The highest BCUT2D eigenvalue weighted by Gasteiger charge is 2.20. The number of ether oxygens (including phenoxy) is 1. The number of aromatic nitrogens is 1. The quantitative estimate of drug-likeness (QED) is 0.906. The molecule has 1 saturated carbocycles. The fourth-order valence-electron chi connectivity index (χ4n) is 2.49. The highest BCUT2D eigenvalue weighted by atomic mass is 32.1. The van der Waals surface area contributed by atoms with Gasteiger partial charge in [0.25, 0.3) is 0 Å². The average molecular weight is 278 g/mol. The normalized spacial score (nSPS) is 23.5. The van der Waals surface area contributed by atoms with Gasteiger partial charge < -0.3 is 15.2 Å². The van der Waals surface area contributed by atoms with E-state index in [1.807, 2.05) is 18.2 Å². The lowest BCUT2D eigenvalue weighted by Crippen LogP contribution is -2.28. The molecule has 0 spiro atoms. The summed E-state index contributed by atoms with van der Waals surface area (Å²) in [7, 11) is 1.67. The Morgan fingerprint density at radius 3 is 2.84 bits per heavy atom. The maximum Gasteiger partial charge on any atom is 0.184 e. The second-order valence-electron chi connectivity index (χ2n) is 5.00. The maximum atomic E-state index is 9.51. The van der Waals surface area contributed by atoms with E-state index in [9.17, 15) is 5.11 Å². The summed E-state index contributed by atoms with van der Waals surface area (Å²) in [6, 6.07) is 6.40. The van der Waals surface area contributed by atoms with E-state index in [4.69, 9.17) is 4.74 Å². The van der Waals surface area contributed by atoms with Gasteiger partial charge >= 0.3 is 0 Å². The molecule has 0 radical (unpaired) electrons. The zero-order chi connectivity index (χ0) is 13.2. The molecule has 0 aliphatic heterocycles. The average Bonchev–Trinajstić information content (AvgIpc) is 2.82. The van der Waals surface area contributed by atoms with E-state index in [1.54, 1.807) is 18.4 Å². The molecule has 1 aromatic carbocycles. The summed E-state index contributed by atoms with van der Waals surface area (Å²) < 4.78 is 6.38. The molecule has 3 rings (SSSR count). The molecule has 2 N–H and O–H groups in total. The van der Waals surface area contributed by atoms with Crippen LogP contribution in [0.3, 0.4) is 0 Å². The molecule has 4 nitrogen and oxygen atoms in total.